The molecule has 9 heteroatoms. The normalized spacial score (nSPS) is 10.5. The zero-order valence-corrected chi connectivity index (χ0v) is 14.2. The smallest absolute Gasteiger partial charge is 0.270 e. The molecule has 0 radical (unpaired) electrons. The van der Waals surface area contributed by atoms with Crippen molar-refractivity contribution in [2.75, 3.05) is 17.2 Å². The van der Waals surface area contributed by atoms with Crippen LogP contribution in [0.1, 0.15) is 0 Å². The van der Waals surface area contributed by atoms with Gasteiger partial charge < -0.3 is 15.5 Å². The Hall–Kier alpha value is -2.81. The van der Waals surface area contributed by atoms with E-state index in [9.17, 15) is 18.4 Å². The highest BCUT2D eigenvalue weighted by Gasteiger charge is 2.07. The summed E-state index contributed by atoms with van der Waals surface area (Å²) in [4.78, 5) is 27.8. The van der Waals surface area contributed by atoms with Crippen LogP contribution in [-0.2, 0) is 14.4 Å². The summed E-state index contributed by atoms with van der Waals surface area (Å²) in [5.41, 5.74) is 0.371. The molecule has 0 saturated heterocycles. The van der Waals surface area contributed by atoms with Crippen molar-refractivity contribution in [1.29, 1.82) is 0 Å². The standard InChI is InChI=1S/C16H12BrF2N3O3/c17-10-1-4-12(5-2-10)21-16(24)9-25-20-8-15(23)22-14-6-3-11(18)7-13(14)19/h1-8H,9H2,(H,21,24)(H,22,23). The van der Waals surface area contributed by atoms with Gasteiger partial charge in [0.2, 0.25) is 0 Å². The lowest BCUT2D eigenvalue weighted by Crippen LogP contribution is -2.18. The summed E-state index contributed by atoms with van der Waals surface area (Å²) < 4.78 is 27.0. The Morgan fingerprint density at radius 1 is 1.12 bits per heavy atom. The molecule has 0 aliphatic heterocycles. The zero-order chi connectivity index (χ0) is 18.2. The van der Waals surface area contributed by atoms with Gasteiger partial charge in [0, 0.05) is 16.2 Å². The van der Waals surface area contributed by atoms with Crippen LogP contribution in [0.15, 0.2) is 52.1 Å². The fourth-order valence-electron chi connectivity index (χ4n) is 1.67. The minimum absolute atomic E-state index is 0.203. The third kappa shape index (κ3) is 6.30. The Balaban J connectivity index is 1.75. The lowest BCUT2D eigenvalue weighted by atomic mass is 10.3. The number of nitrogens with one attached hydrogen (secondary N) is 2. The van der Waals surface area contributed by atoms with Crippen molar-refractivity contribution in [2.24, 2.45) is 5.16 Å². The SMILES string of the molecule is O=C(C=NOCC(=O)Nc1ccc(Br)cc1)Nc1ccc(F)cc1F. The Morgan fingerprint density at radius 2 is 1.84 bits per heavy atom. The molecule has 0 aliphatic rings. The van der Waals surface area contributed by atoms with Gasteiger partial charge in [-0.3, -0.25) is 9.59 Å². The molecule has 0 fully saturated rings. The molecule has 2 rings (SSSR count). The molecule has 2 aromatic carbocycles. The third-order valence-electron chi connectivity index (χ3n) is 2.76. The van der Waals surface area contributed by atoms with E-state index < -0.39 is 30.1 Å². The number of carbonyl (C=O) groups is 2. The number of rotatable bonds is 6. The average molecular weight is 412 g/mol. The molecule has 2 aromatic rings. The van der Waals surface area contributed by atoms with Crippen molar-refractivity contribution in [2.45, 2.75) is 0 Å². The Labute approximate surface area is 150 Å². The monoisotopic (exact) mass is 411 g/mol. The predicted molar refractivity (Wildman–Crippen MR) is 92.2 cm³/mol. The topological polar surface area (TPSA) is 79.8 Å². The molecule has 2 amide bonds. The van der Waals surface area contributed by atoms with Crippen LogP contribution in [0.2, 0.25) is 0 Å². The van der Waals surface area contributed by atoms with Crippen LogP contribution in [0.25, 0.3) is 0 Å². The van der Waals surface area contributed by atoms with Gasteiger partial charge in [-0.25, -0.2) is 8.78 Å². The maximum atomic E-state index is 13.4. The molecular formula is C16H12BrF2N3O3. The molecule has 6 nitrogen and oxygen atoms in total. The van der Waals surface area contributed by atoms with Gasteiger partial charge in [-0.1, -0.05) is 21.1 Å². The maximum absolute atomic E-state index is 13.4. The van der Waals surface area contributed by atoms with Crippen LogP contribution < -0.4 is 10.6 Å². The van der Waals surface area contributed by atoms with E-state index in [-0.39, 0.29) is 5.69 Å². The Bertz CT molecular complexity index is 798. The first-order valence-electron chi connectivity index (χ1n) is 6.91. The highest BCUT2D eigenvalue weighted by Crippen LogP contribution is 2.15. The van der Waals surface area contributed by atoms with E-state index in [2.05, 4.69) is 36.6 Å². The zero-order valence-electron chi connectivity index (χ0n) is 12.6. The minimum Gasteiger partial charge on any atom is -0.385 e. The number of benzene rings is 2. The van der Waals surface area contributed by atoms with Gasteiger partial charge in [0.1, 0.15) is 17.8 Å². The lowest BCUT2D eigenvalue weighted by Gasteiger charge is -2.04. The lowest BCUT2D eigenvalue weighted by molar-refractivity contribution is -0.120. The molecule has 0 aliphatic carbocycles. The van der Waals surface area contributed by atoms with Crippen LogP contribution in [0.5, 0.6) is 0 Å². The van der Waals surface area contributed by atoms with Crippen LogP contribution >= 0.6 is 15.9 Å². The molecule has 0 atom stereocenters. The van der Waals surface area contributed by atoms with E-state index in [1.165, 1.54) is 0 Å². The summed E-state index contributed by atoms with van der Waals surface area (Å²) in [6, 6.07) is 9.60. The number of halogens is 3. The largest absolute Gasteiger partial charge is 0.385 e. The van der Waals surface area contributed by atoms with Crippen molar-refractivity contribution < 1.29 is 23.2 Å². The van der Waals surface area contributed by atoms with Crippen LogP contribution in [0.3, 0.4) is 0 Å². The number of nitrogens with zero attached hydrogens (tertiary/aromatic N) is 1. The van der Waals surface area contributed by atoms with Crippen molar-refractivity contribution >= 4 is 45.3 Å². The number of oxime groups is 1. The van der Waals surface area contributed by atoms with E-state index in [0.29, 0.717) is 11.8 Å². The number of hydrogen-bond donors (Lipinski definition) is 2. The van der Waals surface area contributed by atoms with Gasteiger partial charge >= 0.3 is 0 Å². The van der Waals surface area contributed by atoms with Crippen molar-refractivity contribution in [3.63, 3.8) is 0 Å². The second-order valence-corrected chi connectivity index (χ2v) is 5.59. The molecule has 0 saturated carbocycles. The first kappa shape index (κ1) is 18.5. The summed E-state index contributed by atoms with van der Waals surface area (Å²) in [7, 11) is 0. The predicted octanol–water partition coefficient (Wildman–Crippen LogP) is 3.31. The maximum Gasteiger partial charge on any atom is 0.270 e. The van der Waals surface area contributed by atoms with Crippen LogP contribution in [-0.4, -0.2) is 24.6 Å². The van der Waals surface area contributed by atoms with E-state index >= 15 is 0 Å². The summed E-state index contributed by atoms with van der Waals surface area (Å²) in [5, 5.41) is 8.03. The number of hydrogen-bond acceptors (Lipinski definition) is 4. The van der Waals surface area contributed by atoms with Crippen molar-refractivity contribution in [1.82, 2.24) is 0 Å². The number of carbonyl (C=O) groups excluding carboxylic acids is 2. The molecular weight excluding hydrogens is 400 g/mol. The van der Waals surface area contributed by atoms with Gasteiger partial charge in [-0.2, -0.15) is 0 Å². The molecule has 0 bridgehead atoms. The Kier molecular flexibility index (Phi) is 6.58. The van der Waals surface area contributed by atoms with Gasteiger partial charge in [0.15, 0.2) is 6.61 Å². The summed E-state index contributed by atoms with van der Waals surface area (Å²) in [6.45, 7) is -0.412. The van der Waals surface area contributed by atoms with Crippen LogP contribution in [0, 0.1) is 11.6 Å². The summed E-state index contributed by atoms with van der Waals surface area (Å²) in [6.07, 6.45) is 0.732. The van der Waals surface area contributed by atoms with Gasteiger partial charge in [0.05, 0.1) is 5.69 Å². The number of amides is 2. The first-order chi connectivity index (χ1) is 11.9. The highest BCUT2D eigenvalue weighted by atomic mass is 79.9. The molecule has 130 valence electrons. The molecule has 0 aromatic heterocycles. The van der Waals surface area contributed by atoms with Crippen molar-refractivity contribution in [3.05, 3.63) is 58.6 Å². The quantitative estimate of drug-likeness (QED) is 0.565. The van der Waals surface area contributed by atoms with Crippen LogP contribution in [0.4, 0.5) is 20.2 Å². The van der Waals surface area contributed by atoms with E-state index in [1.54, 1.807) is 24.3 Å². The number of anilines is 2. The van der Waals surface area contributed by atoms with E-state index in [1.807, 2.05) is 0 Å². The molecule has 0 unspecified atom stereocenters. The molecule has 2 N–H and O–H groups in total. The highest BCUT2D eigenvalue weighted by molar-refractivity contribution is 9.10. The van der Waals surface area contributed by atoms with Gasteiger partial charge in [-0.15, -0.1) is 0 Å². The fraction of sp³-hybridized carbons (Fsp3) is 0.0625. The van der Waals surface area contributed by atoms with Crippen molar-refractivity contribution in [3.8, 4) is 0 Å². The van der Waals surface area contributed by atoms with E-state index in [4.69, 9.17) is 0 Å². The second-order valence-electron chi connectivity index (χ2n) is 4.68. The van der Waals surface area contributed by atoms with Gasteiger partial charge in [0.25, 0.3) is 11.8 Å². The molecule has 0 spiro atoms. The average Bonchev–Trinajstić information content (AvgIpc) is 2.56. The third-order valence-corrected chi connectivity index (χ3v) is 3.29. The van der Waals surface area contributed by atoms with E-state index in [0.717, 1.165) is 22.8 Å². The molecule has 0 heterocycles. The summed E-state index contributed by atoms with van der Waals surface area (Å²) >= 11 is 3.27. The first-order valence-corrected chi connectivity index (χ1v) is 7.70. The Morgan fingerprint density at radius 3 is 2.52 bits per heavy atom. The molecule has 25 heavy (non-hydrogen) atoms. The summed E-state index contributed by atoms with van der Waals surface area (Å²) in [5.74, 6) is -2.94. The second kappa shape index (κ2) is 8.88. The van der Waals surface area contributed by atoms with Gasteiger partial charge in [-0.05, 0) is 36.4 Å². The fourth-order valence-corrected chi connectivity index (χ4v) is 1.93. The minimum atomic E-state index is -0.920.